The van der Waals surface area contributed by atoms with Crippen molar-refractivity contribution in [2.45, 2.75) is 38.6 Å². The molecule has 92 valence electrons. The molecule has 1 saturated carbocycles. The van der Waals surface area contributed by atoms with Gasteiger partial charge in [0, 0.05) is 12.6 Å². The largest absolute Gasteiger partial charge is 0.310 e. The van der Waals surface area contributed by atoms with Crippen molar-refractivity contribution in [1.82, 2.24) is 5.32 Å². The zero-order valence-electron chi connectivity index (χ0n) is 10.8. The average Bonchev–Trinajstić information content (AvgIpc) is 3.19. The van der Waals surface area contributed by atoms with Gasteiger partial charge in [-0.2, -0.15) is 0 Å². The number of rotatable bonds is 7. The fraction of sp³-hybridized carbons (Fsp3) is 0.500. The van der Waals surface area contributed by atoms with Crippen LogP contribution in [0.1, 0.15) is 38.2 Å². The first kappa shape index (κ1) is 12.4. The third-order valence-corrected chi connectivity index (χ3v) is 3.59. The zero-order chi connectivity index (χ0) is 12.1. The van der Waals surface area contributed by atoms with Crippen LogP contribution in [0, 0.1) is 5.92 Å². The monoisotopic (exact) mass is 229 g/mol. The number of benzene rings is 1. The Morgan fingerprint density at radius 2 is 2.06 bits per heavy atom. The van der Waals surface area contributed by atoms with Crippen molar-refractivity contribution in [1.29, 1.82) is 0 Å². The van der Waals surface area contributed by atoms with E-state index >= 15 is 0 Å². The van der Waals surface area contributed by atoms with E-state index in [9.17, 15) is 0 Å². The van der Waals surface area contributed by atoms with Crippen LogP contribution in [0.4, 0.5) is 0 Å². The summed E-state index contributed by atoms with van der Waals surface area (Å²) in [6.45, 7) is 7.34. The molecule has 0 spiro atoms. The molecule has 0 saturated heterocycles. The lowest BCUT2D eigenvalue weighted by Gasteiger charge is -2.17. The minimum atomic E-state index is 0.669. The van der Waals surface area contributed by atoms with Crippen molar-refractivity contribution in [3.8, 4) is 0 Å². The summed E-state index contributed by atoms with van der Waals surface area (Å²) in [5.41, 5.74) is 2.45. The highest BCUT2D eigenvalue weighted by Gasteiger charge is 2.24. The normalized spacial score (nSPS) is 16.8. The SMILES string of the molecule is C=C(CNC(CC)CC1CC1)c1ccccc1. The van der Waals surface area contributed by atoms with E-state index in [0.29, 0.717) is 6.04 Å². The van der Waals surface area contributed by atoms with E-state index in [1.54, 1.807) is 0 Å². The summed E-state index contributed by atoms with van der Waals surface area (Å²) >= 11 is 0. The molecule has 2 rings (SSSR count). The first-order valence-corrected chi connectivity index (χ1v) is 6.76. The first-order chi connectivity index (χ1) is 8.29. The summed E-state index contributed by atoms with van der Waals surface area (Å²) in [5.74, 6) is 0.998. The van der Waals surface area contributed by atoms with Crippen LogP contribution in [-0.4, -0.2) is 12.6 Å². The van der Waals surface area contributed by atoms with Gasteiger partial charge in [0.25, 0.3) is 0 Å². The highest BCUT2D eigenvalue weighted by molar-refractivity contribution is 5.64. The van der Waals surface area contributed by atoms with Crippen molar-refractivity contribution in [3.63, 3.8) is 0 Å². The van der Waals surface area contributed by atoms with Gasteiger partial charge in [-0.1, -0.05) is 56.7 Å². The van der Waals surface area contributed by atoms with E-state index in [1.165, 1.54) is 36.8 Å². The van der Waals surface area contributed by atoms with Gasteiger partial charge in [0.1, 0.15) is 0 Å². The predicted molar refractivity (Wildman–Crippen MR) is 74.9 cm³/mol. The molecule has 0 bridgehead atoms. The fourth-order valence-electron chi connectivity index (χ4n) is 2.19. The van der Waals surface area contributed by atoms with Crippen LogP contribution in [0.25, 0.3) is 5.57 Å². The molecular weight excluding hydrogens is 206 g/mol. The molecule has 0 aliphatic heterocycles. The maximum atomic E-state index is 4.16. The van der Waals surface area contributed by atoms with E-state index in [-0.39, 0.29) is 0 Å². The van der Waals surface area contributed by atoms with Crippen LogP contribution in [0.5, 0.6) is 0 Å². The minimum absolute atomic E-state index is 0.669. The number of nitrogens with one attached hydrogen (secondary N) is 1. The van der Waals surface area contributed by atoms with Gasteiger partial charge in [0.05, 0.1) is 0 Å². The van der Waals surface area contributed by atoms with Gasteiger partial charge >= 0.3 is 0 Å². The van der Waals surface area contributed by atoms with Crippen LogP contribution in [-0.2, 0) is 0 Å². The Morgan fingerprint density at radius 3 is 2.65 bits per heavy atom. The molecular formula is C16H23N. The Hall–Kier alpha value is -1.08. The second-order valence-corrected chi connectivity index (χ2v) is 5.13. The lowest BCUT2D eigenvalue weighted by atomic mass is 10.1. The third-order valence-electron chi connectivity index (χ3n) is 3.59. The lowest BCUT2D eigenvalue weighted by molar-refractivity contribution is 0.467. The second-order valence-electron chi connectivity index (χ2n) is 5.13. The van der Waals surface area contributed by atoms with Gasteiger partial charge in [0.2, 0.25) is 0 Å². The minimum Gasteiger partial charge on any atom is -0.310 e. The molecule has 17 heavy (non-hydrogen) atoms. The first-order valence-electron chi connectivity index (χ1n) is 6.76. The van der Waals surface area contributed by atoms with Gasteiger partial charge in [-0.05, 0) is 29.9 Å². The maximum Gasteiger partial charge on any atom is 0.0208 e. The van der Waals surface area contributed by atoms with E-state index < -0.39 is 0 Å². The predicted octanol–water partition coefficient (Wildman–Crippen LogP) is 3.87. The van der Waals surface area contributed by atoms with E-state index in [2.05, 4.69) is 43.1 Å². The zero-order valence-corrected chi connectivity index (χ0v) is 10.8. The Balaban J connectivity index is 1.78. The maximum absolute atomic E-state index is 4.16. The molecule has 0 amide bonds. The van der Waals surface area contributed by atoms with E-state index in [0.717, 1.165) is 12.5 Å². The molecule has 1 unspecified atom stereocenters. The highest BCUT2D eigenvalue weighted by Crippen LogP contribution is 2.34. The molecule has 0 radical (unpaired) electrons. The van der Waals surface area contributed by atoms with Crippen molar-refractivity contribution < 1.29 is 0 Å². The van der Waals surface area contributed by atoms with Gasteiger partial charge in [-0.25, -0.2) is 0 Å². The molecule has 1 aliphatic carbocycles. The topological polar surface area (TPSA) is 12.0 Å². The van der Waals surface area contributed by atoms with Crippen LogP contribution in [0.2, 0.25) is 0 Å². The van der Waals surface area contributed by atoms with Crippen molar-refractivity contribution in [3.05, 3.63) is 42.5 Å². The summed E-state index contributed by atoms with van der Waals surface area (Å²) in [7, 11) is 0. The van der Waals surface area contributed by atoms with E-state index in [1.807, 2.05) is 6.07 Å². The summed E-state index contributed by atoms with van der Waals surface area (Å²) in [6, 6.07) is 11.1. The molecule has 1 nitrogen and oxygen atoms in total. The lowest BCUT2D eigenvalue weighted by Crippen LogP contribution is -2.30. The van der Waals surface area contributed by atoms with Gasteiger partial charge < -0.3 is 5.32 Å². The molecule has 1 aromatic rings. The van der Waals surface area contributed by atoms with Crippen LogP contribution in [0.15, 0.2) is 36.9 Å². The Labute approximate surface area is 105 Å². The van der Waals surface area contributed by atoms with Crippen molar-refractivity contribution in [2.75, 3.05) is 6.54 Å². The number of hydrogen-bond acceptors (Lipinski definition) is 1. The highest BCUT2D eigenvalue weighted by atomic mass is 14.9. The average molecular weight is 229 g/mol. The molecule has 1 aromatic carbocycles. The fourth-order valence-corrected chi connectivity index (χ4v) is 2.19. The Kier molecular flexibility index (Phi) is 4.38. The van der Waals surface area contributed by atoms with E-state index in [4.69, 9.17) is 0 Å². The molecule has 1 N–H and O–H groups in total. The van der Waals surface area contributed by atoms with Gasteiger partial charge in [-0.3, -0.25) is 0 Å². The summed E-state index contributed by atoms with van der Waals surface area (Å²) < 4.78 is 0. The standard InChI is InChI=1S/C16H23N/c1-3-16(11-14-9-10-14)17-12-13(2)15-7-5-4-6-8-15/h4-8,14,16-17H,2-3,9-12H2,1H3. The molecule has 1 heteroatoms. The third kappa shape index (κ3) is 4.01. The molecule has 0 heterocycles. The summed E-state index contributed by atoms with van der Waals surface area (Å²) in [6.07, 6.45) is 5.45. The molecule has 0 aromatic heterocycles. The molecule has 1 atom stereocenters. The smallest absolute Gasteiger partial charge is 0.0208 e. The quantitative estimate of drug-likeness (QED) is 0.748. The van der Waals surface area contributed by atoms with Gasteiger partial charge in [-0.15, -0.1) is 0 Å². The summed E-state index contributed by atoms with van der Waals surface area (Å²) in [4.78, 5) is 0. The Morgan fingerprint density at radius 1 is 1.35 bits per heavy atom. The van der Waals surface area contributed by atoms with Crippen molar-refractivity contribution >= 4 is 5.57 Å². The molecule has 1 fully saturated rings. The molecule has 1 aliphatic rings. The number of hydrogen-bond donors (Lipinski definition) is 1. The van der Waals surface area contributed by atoms with Crippen LogP contribution in [0.3, 0.4) is 0 Å². The van der Waals surface area contributed by atoms with Crippen LogP contribution < -0.4 is 5.32 Å². The second kappa shape index (κ2) is 6.02. The van der Waals surface area contributed by atoms with Gasteiger partial charge in [0.15, 0.2) is 0 Å². The van der Waals surface area contributed by atoms with Crippen LogP contribution >= 0.6 is 0 Å². The Bertz CT molecular complexity index is 351. The van der Waals surface area contributed by atoms with Crippen molar-refractivity contribution in [2.24, 2.45) is 5.92 Å². The summed E-state index contributed by atoms with van der Waals surface area (Å²) in [5, 5.41) is 3.64.